The van der Waals surface area contributed by atoms with Gasteiger partial charge in [-0.05, 0) is 118 Å². The van der Waals surface area contributed by atoms with Crippen LogP contribution in [-0.2, 0) is 36.6 Å². The number of aryl methyl sites for hydroxylation is 4. The molecule has 55 heavy (non-hydrogen) atoms. The van der Waals surface area contributed by atoms with Crippen LogP contribution in [0, 0.1) is 39.8 Å². The van der Waals surface area contributed by atoms with Gasteiger partial charge in [0.15, 0.2) is 0 Å². The van der Waals surface area contributed by atoms with Gasteiger partial charge in [0.05, 0.1) is 11.1 Å². The third-order valence-electron chi connectivity index (χ3n) is 11.9. The predicted molar refractivity (Wildman–Crippen MR) is 223 cm³/mol. The van der Waals surface area contributed by atoms with E-state index in [0.29, 0.717) is 17.4 Å². The second-order valence-corrected chi connectivity index (χ2v) is 18.5. The van der Waals surface area contributed by atoms with Gasteiger partial charge in [-0.1, -0.05) is 94.3 Å². The summed E-state index contributed by atoms with van der Waals surface area (Å²) in [6, 6.07) is 29.5. The molecular formula is C49H53N3O2Pt. The van der Waals surface area contributed by atoms with Gasteiger partial charge in [-0.25, -0.2) is 4.98 Å². The monoisotopic (exact) mass is 910 g/mol. The van der Waals surface area contributed by atoms with E-state index < -0.39 is 0 Å². The molecule has 0 spiro atoms. The topological polar surface area (TPSA) is 48.6 Å². The van der Waals surface area contributed by atoms with Gasteiger partial charge >= 0.3 is 21.1 Å². The quantitative estimate of drug-likeness (QED) is 0.162. The van der Waals surface area contributed by atoms with E-state index in [1.165, 1.54) is 33.2 Å². The van der Waals surface area contributed by atoms with Crippen molar-refractivity contribution in [2.24, 2.45) is 4.99 Å². The van der Waals surface area contributed by atoms with Crippen molar-refractivity contribution >= 4 is 27.8 Å². The maximum atomic E-state index is 6.91. The number of aliphatic imine (C=N–C) groups is 1. The average Bonchev–Trinajstić information content (AvgIpc) is 3.64. The van der Waals surface area contributed by atoms with Crippen molar-refractivity contribution < 1.29 is 30.5 Å². The smallest absolute Gasteiger partial charge is 0.512 e. The molecule has 0 bridgehead atoms. The van der Waals surface area contributed by atoms with Crippen molar-refractivity contribution in [1.82, 2.24) is 9.55 Å². The Morgan fingerprint density at radius 3 is 2.11 bits per heavy atom. The third-order valence-corrected chi connectivity index (χ3v) is 11.9. The van der Waals surface area contributed by atoms with Crippen LogP contribution >= 0.6 is 0 Å². The standard InChI is InChI=1S/C49H53N3O2.Pt/c1-29-18-31(3)43(32(4)19-29)33-21-34(45-51-48(11)16-13-17-49(48,12)54-45)23-38(22-33)53-39-25-36(47(8,9)10)24-37(27-39)52-42-15-14-35(46(5,6)7)26-40(42)41-20-30(2)28-50-44(41)52;/h14-15,18-22,24-26,28H,13,16-17H2,1-12H3;/q-2;+2/t48-,49+;/m1./s1. The fraction of sp³-hybridized carbons (Fsp3) is 0.388. The minimum atomic E-state index is -0.324. The van der Waals surface area contributed by atoms with E-state index >= 15 is 0 Å². The van der Waals surface area contributed by atoms with Crippen LogP contribution in [0.2, 0.25) is 0 Å². The van der Waals surface area contributed by atoms with E-state index in [0.717, 1.165) is 63.8 Å². The number of hydrogen-bond acceptors (Lipinski definition) is 4. The Kier molecular flexibility index (Phi) is 9.56. The number of rotatable bonds is 5. The molecule has 5 nitrogen and oxygen atoms in total. The minimum absolute atomic E-state index is 0. The maximum absolute atomic E-state index is 6.91. The molecule has 6 aromatic rings. The minimum Gasteiger partial charge on any atom is -0.512 e. The van der Waals surface area contributed by atoms with Crippen LogP contribution < -0.4 is 4.74 Å². The fourth-order valence-corrected chi connectivity index (χ4v) is 8.67. The van der Waals surface area contributed by atoms with Gasteiger partial charge in [-0.3, -0.25) is 4.99 Å². The van der Waals surface area contributed by atoms with Crippen LogP contribution in [0.25, 0.3) is 38.8 Å². The molecule has 1 saturated carbocycles. The molecular weight excluding hydrogens is 858 g/mol. The summed E-state index contributed by atoms with van der Waals surface area (Å²) in [7, 11) is 0. The van der Waals surface area contributed by atoms with E-state index in [2.05, 4.69) is 160 Å². The Bertz CT molecular complexity index is 2510. The summed E-state index contributed by atoms with van der Waals surface area (Å²) in [4.78, 5) is 10.3. The Balaban J connectivity index is 0.00000465. The summed E-state index contributed by atoms with van der Waals surface area (Å²) >= 11 is 0. The van der Waals surface area contributed by atoms with Crippen LogP contribution in [0.4, 0.5) is 0 Å². The molecule has 0 saturated heterocycles. The van der Waals surface area contributed by atoms with Crippen molar-refractivity contribution in [2.75, 3.05) is 0 Å². The number of ether oxygens (including phenoxy) is 2. The Hall–Kier alpha value is -4.21. The van der Waals surface area contributed by atoms with Gasteiger partial charge in [-0.15, -0.1) is 29.8 Å². The zero-order valence-corrected chi connectivity index (χ0v) is 36.7. The molecule has 1 aliphatic carbocycles. The van der Waals surface area contributed by atoms with Crippen LogP contribution in [0.3, 0.4) is 0 Å². The largest absolute Gasteiger partial charge is 2.00 e. The van der Waals surface area contributed by atoms with E-state index in [1.54, 1.807) is 0 Å². The first-order chi connectivity index (χ1) is 25.3. The SMILES string of the molecule is Cc1cc(C)c(-c2cc(Oc3[c-]c(-n4c5ccc(C(C)(C)C)cc5c5cc(C)cnc54)cc(C(C)(C)C)c3)[c-]c(C3=N[C@]4(C)CCC[C@]4(C)O3)c2)c(C)c1.[Pt+2]. The molecule has 8 rings (SSSR count). The molecule has 0 unspecified atom stereocenters. The van der Waals surface area contributed by atoms with E-state index in [9.17, 15) is 0 Å². The number of nitrogens with zero attached hydrogens (tertiary/aromatic N) is 3. The second kappa shape index (κ2) is 13.5. The zero-order chi connectivity index (χ0) is 38.5. The van der Waals surface area contributed by atoms with Gasteiger partial charge in [0.25, 0.3) is 0 Å². The molecule has 1 aliphatic heterocycles. The van der Waals surface area contributed by atoms with Gasteiger partial charge < -0.3 is 14.0 Å². The van der Waals surface area contributed by atoms with Crippen molar-refractivity contribution in [2.45, 2.75) is 124 Å². The summed E-state index contributed by atoms with van der Waals surface area (Å²) in [6.45, 7) is 26.5. The van der Waals surface area contributed by atoms with E-state index in [1.807, 2.05) is 6.20 Å². The molecule has 2 aliphatic rings. The van der Waals surface area contributed by atoms with Crippen molar-refractivity contribution in [3.05, 3.63) is 118 Å². The van der Waals surface area contributed by atoms with Gasteiger partial charge in [0, 0.05) is 28.5 Å². The molecule has 3 heterocycles. The molecule has 286 valence electrons. The number of fused-ring (bicyclic) bond motifs is 4. The molecule has 6 heteroatoms. The number of aromatic nitrogens is 2. The van der Waals surface area contributed by atoms with Crippen molar-refractivity contribution in [3.8, 4) is 28.3 Å². The first-order valence-corrected chi connectivity index (χ1v) is 19.4. The fourth-order valence-electron chi connectivity index (χ4n) is 8.67. The number of benzene rings is 4. The predicted octanol–water partition coefficient (Wildman–Crippen LogP) is 12.5. The van der Waals surface area contributed by atoms with Gasteiger partial charge in [0.2, 0.25) is 0 Å². The van der Waals surface area contributed by atoms with Gasteiger partial charge in [-0.2, -0.15) is 0 Å². The average molecular weight is 911 g/mol. The number of hydrogen-bond donors (Lipinski definition) is 0. The van der Waals surface area contributed by atoms with Crippen LogP contribution in [0.5, 0.6) is 11.5 Å². The van der Waals surface area contributed by atoms with Gasteiger partial charge in [0.1, 0.15) is 17.1 Å². The third kappa shape index (κ3) is 6.86. The van der Waals surface area contributed by atoms with Crippen molar-refractivity contribution in [1.29, 1.82) is 0 Å². The van der Waals surface area contributed by atoms with Crippen LogP contribution in [0.15, 0.2) is 71.9 Å². The summed E-state index contributed by atoms with van der Waals surface area (Å²) in [5, 5.41) is 2.32. The molecule has 1 fully saturated rings. The van der Waals surface area contributed by atoms with Crippen molar-refractivity contribution in [3.63, 3.8) is 0 Å². The summed E-state index contributed by atoms with van der Waals surface area (Å²) in [6.07, 6.45) is 5.07. The number of pyridine rings is 1. The Labute approximate surface area is 341 Å². The van der Waals surface area contributed by atoms with Crippen LogP contribution in [-0.4, -0.2) is 26.6 Å². The molecule has 0 radical (unpaired) electrons. The summed E-state index contributed by atoms with van der Waals surface area (Å²) in [5.41, 5.74) is 12.4. The van der Waals surface area contributed by atoms with E-state index in [-0.39, 0.29) is 43.0 Å². The summed E-state index contributed by atoms with van der Waals surface area (Å²) in [5.74, 6) is 1.86. The molecule has 2 aromatic heterocycles. The van der Waals surface area contributed by atoms with Crippen LogP contribution in [0.1, 0.15) is 114 Å². The maximum Gasteiger partial charge on any atom is 2.00 e. The molecule has 0 amide bonds. The second-order valence-electron chi connectivity index (χ2n) is 18.5. The molecule has 4 aromatic carbocycles. The zero-order valence-electron chi connectivity index (χ0n) is 34.4. The van der Waals surface area contributed by atoms with E-state index in [4.69, 9.17) is 19.5 Å². The molecule has 0 N–H and O–H groups in total. The summed E-state index contributed by atoms with van der Waals surface area (Å²) < 4.78 is 15.9. The normalized spacial score (nSPS) is 19.7. The first-order valence-electron chi connectivity index (χ1n) is 19.4. The first kappa shape index (κ1) is 39.0. The molecule has 2 atom stereocenters. The Morgan fingerprint density at radius 2 is 1.44 bits per heavy atom. The Morgan fingerprint density at radius 1 is 0.745 bits per heavy atom.